The number of nitriles is 1. The molecular formula is C22H31ClN6S. The van der Waals surface area contributed by atoms with Crippen LogP contribution in [0.3, 0.4) is 0 Å². The van der Waals surface area contributed by atoms with Crippen molar-refractivity contribution in [2.24, 2.45) is 10.2 Å². The Morgan fingerprint density at radius 1 is 1.03 bits per heavy atom. The van der Waals surface area contributed by atoms with Gasteiger partial charge in [0, 0.05) is 37.5 Å². The molecule has 2 aromatic rings. The van der Waals surface area contributed by atoms with Gasteiger partial charge in [0.2, 0.25) is 0 Å². The largest absolute Gasteiger partial charge is 0.696 e. The first-order valence-electron chi connectivity index (χ1n) is 9.66. The van der Waals surface area contributed by atoms with Gasteiger partial charge in [-0.05, 0) is 51.4 Å². The molecule has 6 nitrogen and oxygen atoms in total. The molecule has 2 rings (SSSR count). The molecule has 0 aliphatic rings. The predicted octanol–water partition coefficient (Wildman–Crippen LogP) is 5.35. The first kappa shape index (κ1) is 25.8. The number of rotatable bonds is 8. The zero-order valence-electron chi connectivity index (χ0n) is 18.6. The summed E-state index contributed by atoms with van der Waals surface area (Å²) in [4.78, 5) is 4.54. The summed E-state index contributed by atoms with van der Waals surface area (Å²) in [6, 6.07) is 14.1. The summed E-state index contributed by atoms with van der Waals surface area (Å²) < 4.78 is 0.709. The standard InChI is InChI=1S/C21H31ClN5.CHNS/c1-7-26(15-14-25(2)3)18-10-8-17(9-11-18)23-24-21-13-12-19(16-20(21)22)27(4,5)6;2-1-3/h8-13,16H,7,14-15H2,1-6H3;3H/q+1;/p-1. The van der Waals surface area contributed by atoms with Gasteiger partial charge >= 0.3 is 0 Å². The van der Waals surface area contributed by atoms with Crippen LogP contribution in [0.2, 0.25) is 5.02 Å². The Morgan fingerprint density at radius 2 is 1.63 bits per heavy atom. The molecule has 0 saturated heterocycles. The van der Waals surface area contributed by atoms with Crippen LogP contribution in [-0.2, 0) is 12.6 Å². The third-order valence-electron chi connectivity index (χ3n) is 4.39. The highest BCUT2D eigenvalue weighted by atomic mass is 35.5. The van der Waals surface area contributed by atoms with Crippen LogP contribution in [0.25, 0.3) is 0 Å². The number of anilines is 1. The Labute approximate surface area is 191 Å². The van der Waals surface area contributed by atoms with E-state index in [4.69, 9.17) is 16.9 Å². The highest BCUT2D eigenvalue weighted by molar-refractivity contribution is 7.64. The van der Waals surface area contributed by atoms with Crippen molar-refractivity contribution in [2.75, 3.05) is 59.8 Å². The van der Waals surface area contributed by atoms with E-state index in [0.717, 1.165) is 31.0 Å². The third kappa shape index (κ3) is 8.64. The SMILES string of the molecule is CCN(CCN(C)C)c1ccc(N=Nc2ccc([N+](C)(C)C)cc2Cl)cc1.N#C[S-]. The van der Waals surface area contributed by atoms with Crippen molar-refractivity contribution in [2.45, 2.75) is 6.92 Å². The normalized spacial score (nSPS) is 11.2. The van der Waals surface area contributed by atoms with Crippen molar-refractivity contribution in [1.82, 2.24) is 9.38 Å². The van der Waals surface area contributed by atoms with Gasteiger partial charge < -0.3 is 22.4 Å². The summed E-state index contributed by atoms with van der Waals surface area (Å²) in [5, 5.41) is 17.7. The zero-order chi connectivity index (χ0) is 22.7. The van der Waals surface area contributed by atoms with Crippen LogP contribution in [0.4, 0.5) is 22.7 Å². The van der Waals surface area contributed by atoms with Gasteiger partial charge in [-0.25, -0.2) is 5.26 Å². The minimum Gasteiger partial charge on any atom is -0.696 e. The van der Waals surface area contributed by atoms with Crippen LogP contribution in [0.1, 0.15) is 6.92 Å². The van der Waals surface area contributed by atoms with Crippen molar-refractivity contribution in [3.05, 3.63) is 47.5 Å². The minimum atomic E-state index is 0.613. The summed E-state index contributed by atoms with van der Waals surface area (Å²) in [7, 11) is 10.5. The number of thiocyanates is 1. The van der Waals surface area contributed by atoms with E-state index >= 15 is 0 Å². The second-order valence-corrected chi connectivity index (χ2v) is 8.43. The smallest absolute Gasteiger partial charge is 0.133 e. The molecule has 8 heteroatoms. The lowest BCUT2D eigenvalue weighted by molar-refractivity contribution is 0.414. The molecule has 0 bridgehead atoms. The molecule has 0 N–H and O–H groups in total. The molecule has 30 heavy (non-hydrogen) atoms. The minimum absolute atomic E-state index is 0.613. The fourth-order valence-electron chi connectivity index (χ4n) is 2.63. The summed E-state index contributed by atoms with van der Waals surface area (Å²) in [6.45, 7) is 5.17. The average Bonchev–Trinajstić information content (AvgIpc) is 2.68. The highest BCUT2D eigenvalue weighted by Gasteiger charge is 2.14. The van der Waals surface area contributed by atoms with E-state index in [1.54, 1.807) is 0 Å². The second kappa shape index (κ2) is 12.5. The van der Waals surface area contributed by atoms with Gasteiger partial charge in [-0.3, -0.25) is 4.48 Å². The molecule has 0 heterocycles. The maximum absolute atomic E-state index is 7.13. The molecule has 0 atom stereocenters. The summed E-state index contributed by atoms with van der Waals surface area (Å²) in [5.74, 6) is 0. The maximum atomic E-state index is 7.13. The summed E-state index contributed by atoms with van der Waals surface area (Å²) >= 11 is 10.1. The highest BCUT2D eigenvalue weighted by Crippen LogP contribution is 2.32. The lowest BCUT2D eigenvalue weighted by Gasteiger charge is -2.24. The van der Waals surface area contributed by atoms with Crippen LogP contribution in [0.15, 0.2) is 52.7 Å². The van der Waals surface area contributed by atoms with Gasteiger partial charge in [0.15, 0.2) is 0 Å². The van der Waals surface area contributed by atoms with Crippen LogP contribution < -0.4 is 9.38 Å². The molecular weight excluding hydrogens is 416 g/mol. The maximum Gasteiger partial charge on any atom is 0.133 e. The van der Waals surface area contributed by atoms with Crippen LogP contribution >= 0.6 is 11.6 Å². The summed E-state index contributed by atoms with van der Waals surface area (Å²) in [6.07, 6.45) is 0. The van der Waals surface area contributed by atoms with Crippen molar-refractivity contribution in [3.8, 4) is 5.40 Å². The molecule has 0 radical (unpaired) electrons. The fourth-order valence-corrected chi connectivity index (χ4v) is 2.84. The van der Waals surface area contributed by atoms with Gasteiger partial charge in [-0.2, -0.15) is 5.11 Å². The number of likely N-dealkylation sites (N-methyl/N-ethyl adjacent to an activating group) is 2. The lowest BCUT2D eigenvalue weighted by atomic mass is 10.2. The molecule has 0 unspecified atom stereocenters. The number of halogens is 1. The van der Waals surface area contributed by atoms with Crippen LogP contribution in [-0.4, -0.2) is 59.8 Å². The Morgan fingerprint density at radius 3 is 2.10 bits per heavy atom. The number of azo groups is 1. The molecule has 0 amide bonds. The van der Waals surface area contributed by atoms with Crippen molar-refractivity contribution < 1.29 is 0 Å². The molecule has 2 aromatic carbocycles. The van der Waals surface area contributed by atoms with Gasteiger partial charge in [0.05, 0.1) is 31.9 Å². The van der Waals surface area contributed by atoms with Crippen LogP contribution in [0, 0.1) is 10.7 Å². The van der Waals surface area contributed by atoms with E-state index in [1.807, 2.05) is 30.3 Å². The molecule has 0 fully saturated rings. The Balaban J connectivity index is 0.00000141. The Bertz CT molecular complexity index is 853. The first-order chi connectivity index (χ1) is 14.1. The van der Waals surface area contributed by atoms with Gasteiger partial charge in [-0.1, -0.05) is 17.0 Å². The van der Waals surface area contributed by atoms with E-state index in [-0.39, 0.29) is 0 Å². The van der Waals surface area contributed by atoms with E-state index in [9.17, 15) is 0 Å². The third-order valence-corrected chi connectivity index (χ3v) is 4.70. The molecule has 0 aliphatic carbocycles. The number of benzene rings is 2. The molecule has 0 aromatic heterocycles. The Hall–Kier alpha value is -2.24. The molecule has 0 aliphatic heterocycles. The molecule has 162 valence electrons. The molecule has 0 saturated carbocycles. The van der Waals surface area contributed by atoms with E-state index in [0.29, 0.717) is 15.2 Å². The van der Waals surface area contributed by atoms with E-state index in [1.165, 1.54) is 11.1 Å². The monoisotopic (exact) mass is 446 g/mol. The second-order valence-electron chi connectivity index (χ2n) is 7.84. The van der Waals surface area contributed by atoms with Crippen molar-refractivity contribution >= 4 is 47.0 Å². The quantitative estimate of drug-likeness (QED) is 0.237. The zero-order valence-corrected chi connectivity index (χ0v) is 20.2. The number of nitrogens with zero attached hydrogens (tertiary/aromatic N) is 6. The Kier molecular flexibility index (Phi) is 10.7. The summed E-state index contributed by atoms with van der Waals surface area (Å²) in [5.41, 5.74) is 3.82. The van der Waals surface area contributed by atoms with Gasteiger partial charge in [0.1, 0.15) is 11.4 Å². The van der Waals surface area contributed by atoms with E-state index < -0.39 is 0 Å². The first-order valence-corrected chi connectivity index (χ1v) is 10.4. The predicted molar refractivity (Wildman–Crippen MR) is 131 cm³/mol. The van der Waals surface area contributed by atoms with Crippen LogP contribution in [0.5, 0.6) is 0 Å². The molecule has 0 spiro atoms. The number of quaternary nitrogens is 1. The van der Waals surface area contributed by atoms with E-state index in [2.05, 4.69) is 87.0 Å². The van der Waals surface area contributed by atoms with Gasteiger partial charge in [0.25, 0.3) is 0 Å². The average molecular weight is 447 g/mol. The topological polar surface area (TPSA) is 55.0 Å². The number of hydrogen-bond donors (Lipinski definition) is 0. The lowest BCUT2D eigenvalue weighted by Crippen LogP contribution is -2.34. The fraction of sp³-hybridized carbons (Fsp3) is 0.409. The van der Waals surface area contributed by atoms with Crippen molar-refractivity contribution in [3.63, 3.8) is 0 Å². The van der Waals surface area contributed by atoms with Gasteiger partial charge in [-0.15, -0.1) is 5.11 Å². The van der Waals surface area contributed by atoms with Crippen molar-refractivity contribution in [1.29, 1.82) is 5.26 Å². The number of hydrogen-bond acceptors (Lipinski definition) is 6.